The second-order valence-corrected chi connectivity index (χ2v) is 11.2. The van der Waals surface area contributed by atoms with Gasteiger partial charge in [-0.1, -0.05) is 6.07 Å². The molecule has 3 rings (SSSR count). The summed E-state index contributed by atoms with van der Waals surface area (Å²) in [5.41, 5.74) is -1.69. The first-order chi connectivity index (χ1) is 16.7. The van der Waals surface area contributed by atoms with Gasteiger partial charge in [0.15, 0.2) is 0 Å². The van der Waals surface area contributed by atoms with Crippen molar-refractivity contribution in [3.8, 4) is 11.4 Å². The minimum atomic E-state index is -4.95. The molecule has 36 heavy (non-hydrogen) atoms. The standard InChI is InChI=1S/C21H30F3N7O4S/c1-20(2,3)27-19(32)35-11-10-26-13-6-4-12(5-7-13)14-8-9-15(21(22,23)24)17(36(25,33)34)16(14)18-28-30-31-29-18/h8-9,12-13,26H,4-7,10-11H2,1-3H3,(H,27,32)(H2,25,33,34)(H,28,29,30,31). The summed E-state index contributed by atoms with van der Waals surface area (Å²) in [4.78, 5) is 10.7. The summed E-state index contributed by atoms with van der Waals surface area (Å²) in [5.74, 6) is -0.515. The van der Waals surface area contributed by atoms with Crippen LogP contribution in [0.15, 0.2) is 17.0 Å². The molecule has 1 amide bonds. The first-order valence-electron chi connectivity index (χ1n) is 11.4. The maximum absolute atomic E-state index is 13.7. The van der Waals surface area contributed by atoms with Gasteiger partial charge in [0.2, 0.25) is 15.8 Å². The highest BCUT2D eigenvalue weighted by molar-refractivity contribution is 7.89. The fourth-order valence-corrected chi connectivity index (χ4v) is 5.30. The quantitative estimate of drug-likeness (QED) is 0.394. The Morgan fingerprint density at radius 3 is 2.39 bits per heavy atom. The third-order valence-electron chi connectivity index (χ3n) is 5.76. The van der Waals surface area contributed by atoms with Crippen LogP contribution in [-0.2, 0) is 20.9 Å². The number of rotatable bonds is 7. The molecule has 1 aromatic carbocycles. The Labute approximate surface area is 206 Å². The van der Waals surface area contributed by atoms with E-state index in [-0.39, 0.29) is 30.0 Å². The van der Waals surface area contributed by atoms with E-state index < -0.39 is 38.3 Å². The average Bonchev–Trinajstić information content (AvgIpc) is 3.28. The lowest BCUT2D eigenvalue weighted by Crippen LogP contribution is -2.42. The van der Waals surface area contributed by atoms with Crippen molar-refractivity contribution in [3.63, 3.8) is 0 Å². The van der Waals surface area contributed by atoms with Crippen LogP contribution in [0.25, 0.3) is 11.4 Å². The molecule has 2 aromatic rings. The van der Waals surface area contributed by atoms with Crippen molar-refractivity contribution in [3.05, 3.63) is 23.3 Å². The molecule has 0 atom stereocenters. The maximum atomic E-state index is 13.7. The van der Waals surface area contributed by atoms with Crippen molar-refractivity contribution in [2.24, 2.45) is 5.14 Å². The lowest BCUT2D eigenvalue weighted by molar-refractivity contribution is -0.139. The van der Waals surface area contributed by atoms with Crippen LogP contribution < -0.4 is 15.8 Å². The summed E-state index contributed by atoms with van der Waals surface area (Å²) in [6.45, 7) is 6.16. The number of nitrogens with two attached hydrogens (primary N) is 1. The van der Waals surface area contributed by atoms with Gasteiger partial charge in [0.1, 0.15) is 11.5 Å². The molecule has 0 saturated heterocycles. The Morgan fingerprint density at radius 1 is 1.19 bits per heavy atom. The summed E-state index contributed by atoms with van der Waals surface area (Å²) in [5, 5.41) is 24.3. The minimum Gasteiger partial charge on any atom is -0.448 e. The maximum Gasteiger partial charge on any atom is 0.417 e. The van der Waals surface area contributed by atoms with Crippen molar-refractivity contribution in [1.29, 1.82) is 0 Å². The van der Waals surface area contributed by atoms with E-state index in [2.05, 4.69) is 31.3 Å². The molecule has 11 nitrogen and oxygen atoms in total. The molecular weight excluding hydrogens is 503 g/mol. The van der Waals surface area contributed by atoms with Crippen LogP contribution in [0.5, 0.6) is 0 Å². The number of alkyl carbamates (subject to hydrolysis) is 1. The van der Waals surface area contributed by atoms with Gasteiger partial charge in [-0.2, -0.15) is 18.4 Å². The lowest BCUT2D eigenvalue weighted by Gasteiger charge is -2.31. The van der Waals surface area contributed by atoms with E-state index in [1.165, 1.54) is 6.07 Å². The van der Waals surface area contributed by atoms with Crippen LogP contribution in [-0.4, -0.2) is 59.9 Å². The molecule has 0 unspecified atom stereocenters. The molecule has 1 fully saturated rings. The van der Waals surface area contributed by atoms with Crippen molar-refractivity contribution >= 4 is 16.1 Å². The zero-order valence-corrected chi connectivity index (χ0v) is 21.0. The number of nitrogens with zero attached hydrogens (tertiary/aromatic N) is 3. The smallest absolute Gasteiger partial charge is 0.417 e. The molecule has 15 heteroatoms. The zero-order chi connectivity index (χ0) is 26.7. The van der Waals surface area contributed by atoms with E-state index in [1.54, 1.807) is 0 Å². The van der Waals surface area contributed by atoms with Gasteiger partial charge in [-0.05, 0) is 69.2 Å². The SMILES string of the molecule is CC(C)(C)NC(=O)OCCNC1CCC(c2ccc(C(F)(F)F)c(S(N)(=O)=O)c2-c2nn[nH]n2)CC1. The third-order valence-corrected chi connectivity index (χ3v) is 6.75. The van der Waals surface area contributed by atoms with E-state index in [9.17, 15) is 26.4 Å². The number of carbonyl (C=O) groups excluding carboxylic acids is 1. The first kappa shape index (κ1) is 27.8. The van der Waals surface area contributed by atoms with Crippen LogP contribution in [0.1, 0.15) is 63.5 Å². The third kappa shape index (κ3) is 7.13. The van der Waals surface area contributed by atoms with Crippen LogP contribution in [0, 0.1) is 0 Å². The normalized spacial score (nSPS) is 19.2. The van der Waals surface area contributed by atoms with E-state index in [1.807, 2.05) is 20.8 Å². The topological polar surface area (TPSA) is 165 Å². The second kappa shape index (κ2) is 10.7. The van der Waals surface area contributed by atoms with E-state index >= 15 is 0 Å². The monoisotopic (exact) mass is 533 g/mol. The van der Waals surface area contributed by atoms with Gasteiger partial charge in [-0.25, -0.2) is 18.4 Å². The highest BCUT2D eigenvalue weighted by atomic mass is 32.2. The minimum absolute atomic E-state index is 0.108. The number of ether oxygens (including phenoxy) is 1. The van der Waals surface area contributed by atoms with Gasteiger partial charge in [0.25, 0.3) is 0 Å². The molecule has 0 aliphatic heterocycles. The van der Waals surface area contributed by atoms with Crippen LogP contribution >= 0.6 is 0 Å². The number of tetrazole rings is 1. The number of sulfonamides is 1. The summed E-state index contributed by atoms with van der Waals surface area (Å²) >= 11 is 0. The fourth-order valence-electron chi connectivity index (χ4n) is 4.31. The van der Waals surface area contributed by atoms with E-state index in [0.717, 1.165) is 6.07 Å². The Morgan fingerprint density at radius 2 is 1.86 bits per heavy atom. The molecule has 0 spiro atoms. The van der Waals surface area contributed by atoms with Crippen molar-refractivity contribution in [1.82, 2.24) is 31.3 Å². The number of carbonyl (C=O) groups is 1. The average molecular weight is 534 g/mol. The van der Waals surface area contributed by atoms with Crippen molar-refractivity contribution in [2.45, 2.75) is 75.0 Å². The predicted molar refractivity (Wildman–Crippen MR) is 123 cm³/mol. The number of H-pyrrole nitrogens is 1. The number of nitrogens with one attached hydrogen (secondary N) is 3. The summed E-state index contributed by atoms with van der Waals surface area (Å²) in [6.07, 6.45) is -2.96. The summed E-state index contributed by atoms with van der Waals surface area (Å²) < 4.78 is 70.8. The molecule has 5 N–H and O–H groups in total. The second-order valence-electron chi connectivity index (χ2n) is 9.70. The largest absolute Gasteiger partial charge is 0.448 e. The van der Waals surface area contributed by atoms with Gasteiger partial charge in [-0.15, -0.1) is 10.2 Å². The lowest BCUT2D eigenvalue weighted by atomic mass is 9.79. The van der Waals surface area contributed by atoms with Crippen LogP contribution in [0.3, 0.4) is 0 Å². The Hall–Kier alpha value is -2.78. The van der Waals surface area contributed by atoms with E-state index in [4.69, 9.17) is 9.88 Å². The Balaban J connectivity index is 1.73. The molecule has 1 aliphatic carbocycles. The van der Waals surface area contributed by atoms with E-state index in [0.29, 0.717) is 37.8 Å². The molecule has 1 aliphatic rings. The molecule has 0 radical (unpaired) electrons. The van der Waals surface area contributed by atoms with Crippen LogP contribution in [0.4, 0.5) is 18.0 Å². The molecular formula is C21H30F3N7O4S. The Bertz CT molecular complexity index is 1160. The number of hydrogen-bond acceptors (Lipinski definition) is 8. The van der Waals surface area contributed by atoms with Gasteiger partial charge >= 0.3 is 12.3 Å². The number of amides is 1. The van der Waals surface area contributed by atoms with Crippen LogP contribution in [0.2, 0.25) is 0 Å². The Kier molecular flexibility index (Phi) is 8.25. The highest BCUT2D eigenvalue weighted by Gasteiger charge is 2.40. The van der Waals surface area contributed by atoms with Gasteiger partial charge in [0.05, 0.1) is 5.56 Å². The highest BCUT2D eigenvalue weighted by Crippen LogP contribution is 2.44. The van der Waals surface area contributed by atoms with Gasteiger partial charge in [-0.3, -0.25) is 0 Å². The number of primary sulfonamides is 1. The van der Waals surface area contributed by atoms with Crippen molar-refractivity contribution < 1.29 is 31.1 Å². The summed E-state index contributed by atoms with van der Waals surface area (Å²) in [7, 11) is -4.78. The first-order valence-corrected chi connectivity index (χ1v) is 12.9. The number of halogens is 3. The zero-order valence-electron chi connectivity index (χ0n) is 20.1. The molecule has 0 bridgehead atoms. The molecule has 200 valence electrons. The molecule has 1 heterocycles. The number of aromatic nitrogens is 4. The number of hydrogen-bond donors (Lipinski definition) is 4. The molecule has 1 aromatic heterocycles. The van der Waals surface area contributed by atoms with Gasteiger partial charge < -0.3 is 15.4 Å². The van der Waals surface area contributed by atoms with Gasteiger partial charge in [0, 0.05) is 23.7 Å². The molecule has 1 saturated carbocycles. The summed E-state index contributed by atoms with van der Waals surface area (Å²) in [6, 6.07) is 2.11. The predicted octanol–water partition coefficient (Wildman–Crippen LogP) is 2.67. The number of aromatic amines is 1. The fraction of sp³-hybridized carbons (Fsp3) is 0.619. The van der Waals surface area contributed by atoms with Crippen molar-refractivity contribution in [2.75, 3.05) is 13.2 Å². The number of benzene rings is 1. The number of alkyl halides is 3.